The van der Waals surface area contributed by atoms with Crippen molar-refractivity contribution in [2.24, 2.45) is 13.0 Å². The lowest BCUT2D eigenvalue weighted by atomic mass is 10.00. The highest BCUT2D eigenvalue weighted by molar-refractivity contribution is 7.99. The molecular formula is C9H16N4S. The molecule has 0 aliphatic carbocycles. The predicted octanol–water partition coefficient (Wildman–Crippen LogP) is 0.309. The van der Waals surface area contributed by atoms with Crippen LogP contribution in [-0.2, 0) is 13.5 Å². The molecule has 2 unspecified atom stereocenters. The topological polar surface area (TPSA) is 42.7 Å². The molecule has 1 aromatic heterocycles. The zero-order chi connectivity index (χ0) is 9.97. The van der Waals surface area contributed by atoms with E-state index in [0.29, 0.717) is 12.0 Å². The maximum absolute atomic E-state index is 4.26. The summed E-state index contributed by atoms with van der Waals surface area (Å²) < 4.78 is 1.87. The van der Waals surface area contributed by atoms with Gasteiger partial charge >= 0.3 is 0 Å². The summed E-state index contributed by atoms with van der Waals surface area (Å²) in [6.45, 7) is 0. The second-order valence-corrected chi connectivity index (χ2v) is 4.77. The van der Waals surface area contributed by atoms with E-state index in [4.69, 9.17) is 0 Å². The van der Waals surface area contributed by atoms with E-state index >= 15 is 0 Å². The first-order chi connectivity index (χ1) is 6.81. The molecule has 14 heavy (non-hydrogen) atoms. The summed E-state index contributed by atoms with van der Waals surface area (Å²) in [4.78, 5) is 4.26. The van der Waals surface area contributed by atoms with E-state index in [1.165, 1.54) is 11.5 Å². The average Bonchev–Trinajstić information content (AvgIpc) is 2.77. The Hall–Kier alpha value is -0.550. The van der Waals surface area contributed by atoms with Crippen LogP contribution in [0.4, 0.5) is 0 Å². The minimum Gasteiger partial charge on any atom is -0.316 e. The Morgan fingerprint density at radius 1 is 1.64 bits per heavy atom. The minimum atomic E-state index is 0.636. The summed E-state index contributed by atoms with van der Waals surface area (Å²) in [6.07, 6.45) is 2.67. The third-order valence-electron chi connectivity index (χ3n) is 2.82. The van der Waals surface area contributed by atoms with E-state index in [-0.39, 0.29) is 0 Å². The second-order valence-electron chi connectivity index (χ2n) is 3.70. The molecule has 0 saturated carbocycles. The zero-order valence-corrected chi connectivity index (χ0v) is 9.42. The number of thioether (sulfide) groups is 1. The third kappa shape index (κ3) is 1.93. The molecular weight excluding hydrogens is 196 g/mol. The molecule has 5 heteroatoms. The Morgan fingerprint density at radius 2 is 2.50 bits per heavy atom. The van der Waals surface area contributed by atoms with E-state index in [1.54, 1.807) is 6.33 Å². The van der Waals surface area contributed by atoms with Gasteiger partial charge < -0.3 is 5.32 Å². The summed E-state index contributed by atoms with van der Waals surface area (Å²) in [6, 6.07) is 0.636. The van der Waals surface area contributed by atoms with Gasteiger partial charge in [0.15, 0.2) is 0 Å². The first-order valence-corrected chi connectivity index (χ1v) is 6.04. The van der Waals surface area contributed by atoms with Crippen LogP contribution >= 0.6 is 11.8 Å². The molecule has 78 valence electrons. The van der Waals surface area contributed by atoms with Crippen LogP contribution < -0.4 is 5.32 Å². The van der Waals surface area contributed by atoms with E-state index in [0.717, 1.165) is 12.2 Å². The number of hydrogen-bond donors (Lipinski definition) is 1. The summed E-state index contributed by atoms with van der Waals surface area (Å²) in [7, 11) is 4.00. The Labute approximate surface area is 88.5 Å². The Morgan fingerprint density at radius 3 is 3.14 bits per heavy atom. The van der Waals surface area contributed by atoms with E-state index < -0.39 is 0 Å². The van der Waals surface area contributed by atoms with Gasteiger partial charge in [-0.2, -0.15) is 16.9 Å². The van der Waals surface area contributed by atoms with Crippen molar-refractivity contribution in [3.05, 3.63) is 12.2 Å². The fraction of sp³-hybridized carbons (Fsp3) is 0.778. The van der Waals surface area contributed by atoms with Crippen LogP contribution in [0.5, 0.6) is 0 Å². The van der Waals surface area contributed by atoms with Gasteiger partial charge in [-0.15, -0.1) is 0 Å². The molecule has 0 bridgehead atoms. The Bertz CT molecular complexity index is 299. The standard InChI is InChI=1S/C9H16N4S/c1-10-8-5-14-4-7(8)3-9-11-6-12-13(9)2/h6-8,10H,3-5H2,1-2H3. The largest absolute Gasteiger partial charge is 0.316 e. The van der Waals surface area contributed by atoms with Crippen LogP contribution in [0.15, 0.2) is 6.33 Å². The number of nitrogens with one attached hydrogen (secondary N) is 1. The van der Waals surface area contributed by atoms with Gasteiger partial charge in [-0.3, -0.25) is 4.68 Å². The van der Waals surface area contributed by atoms with E-state index in [9.17, 15) is 0 Å². The maximum atomic E-state index is 4.26. The van der Waals surface area contributed by atoms with Gasteiger partial charge in [-0.05, 0) is 18.7 Å². The molecule has 2 heterocycles. The summed E-state index contributed by atoms with van der Waals surface area (Å²) in [5.41, 5.74) is 0. The zero-order valence-electron chi connectivity index (χ0n) is 8.60. The minimum absolute atomic E-state index is 0.636. The highest BCUT2D eigenvalue weighted by atomic mass is 32.2. The number of nitrogens with zero attached hydrogens (tertiary/aromatic N) is 3. The smallest absolute Gasteiger partial charge is 0.138 e. The van der Waals surface area contributed by atoms with E-state index in [1.807, 2.05) is 30.5 Å². The molecule has 1 aromatic rings. The molecule has 1 fully saturated rings. The molecule has 0 aromatic carbocycles. The molecule has 0 spiro atoms. The maximum Gasteiger partial charge on any atom is 0.138 e. The molecule has 0 radical (unpaired) electrons. The predicted molar refractivity (Wildman–Crippen MR) is 58.4 cm³/mol. The number of aryl methyl sites for hydroxylation is 1. The van der Waals surface area contributed by atoms with Gasteiger partial charge in [-0.25, -0.2) is 4.98 Å². The number of rotatable bonds is 3. The lowest BCUT2D eigenvalue weighted by Crippen LogP contribution is -2.33. The summed E-state index contributed by atoms with van der Waals surface area (Å²) in [5.74, 6) is 4.25. The van der Waals surface area contributed by atoms with Gasteiger partial charge in [0.05, 0.1) is 0 Å². The first kappa shape index (κ1) is 9.98. The van der Waals surface area contributed by atoms with Crippen LogP contribution in [0.1, 0.15) is 5.82 Å². The fourth-order valence-corrected chi connectivity index (χ4v) is 3.34. The van der Waals surface area contributed by atoms with Crippen LogP contribution in [0, 0.1) is 5.92 Å². The van der Waals surface area contributed by atoms with Crippen molar-refractivity contribution in [3.8, 4) is 0 Å². The van der Waals surface area contributed by atoms with Crippen molar-refractivity contribution in [2.45, 2.75) is 12.5 Å². The van der Waals surface area contributed by atoms with Crippen molar-refractivity contribution in [1.29, 1.82) is 0 Å². The van der Waals surface area contributed by atoms with Crippen molar-refractivity contribution in [1.82, 2.24) is 20.1 Å². The lowest BCUT2D eigenvalue weighted by molar-refractivity contribution is 0.438. The average molecular weight is 212 g/mol. The first-order valence-electron chi connectivity index (χ1n) is 4.89. The molecule has 2 atom stereocenters. The van der Waals surface area contributed by atoms with Crippen LogP contribution in [-0.4, -0.2) is 39.4 Å². The number of hydrogen-bond acceptors (Lipinski definition) is 4. The van der Waals surface area contributed by atoms with E-state index in [2.05, 4.69) is 15.4 Å². The summed E-state index contributed by atoms with van der Waals surface area (Å²) in [5, 5.41) is 7.46. The highest BCUT2D eigenvalue weighted by Crippen LogP contribution is 2.26. The van der Waals surface area contributed by atoms with Gasteiger partial charge in [0.1, 0.15) is 12.2 Å². The molecule has 2 rings (SSSR count). The van der Waals surface area contributed by atoms with Crippen molar-refractivity contribution < 1.29 is 0 Å². The second kappa shape index (κ2) is 4.31. The highest BCUT2D eigenvalue weighted by Gasteiger charge is 2.27. The van der Waals surface area contributed by atoms with Gasteiger partial charge in [0.2, 0.25) is 0 Å². The van der Waals surface area contributed by atoms with Crippen LogP contribution in [0.2, 0.25) is 0 Å². The number of aromatic nitrogens is 3. The van der Waals surface area contributed by atoms with Crippen molar-refractivity contribution in [3.63, 3.8) is 0 Å². The lowest BCUT2D eigenvalue weighted by Gasteiger charge is -2.16. The van der Waals surface area contributed by atoms with Gasteiger partial charge in [0.25, 0.3) is 0 Å². The monoisotopic (exact) mass is 212 g/mol. The quantitative estimate of drug-likeness (QED) is 0.783. The van der Waals surface area contributed by atoms with Gasteiger partial charge in [-0.1, -0.05) is 0 Å². The molecule has 1 aliphatic heterocycles. The van der Waals surface area contributed by atoms with Gasteiger partial charge in [0, 0.05) is 25.3 Å². The molecule has 1 saturated heterocycles. The normalized spacial score (nSPS) is 27.0. The summed E-state index contributed by atoms with van der Waals surface area (Å²) >= 11 is 2.02. The fourth-order valence-electron chi connectivity index (χ4n) is 1.86. The van der Waals surface area contributed by atoms with Crippen molar-refractivity contribution >= 4 is 11.8 Å². The molecule has 4 nitrogen and oxygen atoms in total. The molecule has 1 aliphatic rings. The third-order valence-corrected chi connectivity index (χ3v) is 4.08. The van der Waals surface area contributed by atoms with Crippen LogP contribution in [0.25, 0.3) is 0 Å². The van der Waals surface area contributed by atoms with Crippen molar-refractivity contribution in [2.75, 3.05) is 18.6 Å². The Balaban J connectivity index is 2.00. The van der Waals surface area contributed by atoms with Crippen LogP contribution in [0.3, 0.4) is 0 Å². The molecule has 1 N–H and O–H groups in total. The Kier molecular flexibility index (Phi) is 3.08. The SMILES string of the molecule is CNC1CSCC1Cc1ncnn1C. The molecule has 0 amide bonds.